The minimum absolute atomic E-state index is 1.03. The van der Waals surface area contributed by atoms with Crippen LogP contribution in [0.15, 0.2) is 24.5 Å². The normalized spacial score (nSPS) is 10.7. The highest BCUT2D eigenvalue weighted by molar-refractivity contribution is 5.25. The van der Waals surface area contributed by atoms with Crippen LogP contribution in [0.5, 0.6) is 0 Å². The number of rotatable bonds is 3. The highest BCUT2D eigenvalue weighted by atomic mass is 15.3. The molecule has 3 heteroatoms. The lowest BCUT2D eigenvalue weighted by Gasteiger charge is -2.02. The first kappa shape index (κ1) is 10.9. The zero-order valence-electron chi connectivity index (χ0n) is 10.1. The zero-order chi connectivity index (χ0) is 11.5. The van der Waals surface area contributed by atoms with E-state index < -0.39 is 0 Å². The summed E-state index contributed by atoms with van der Waals surface area (Å²) in [5.74, 6) is 0. The lowest BCUT2D eigenvalue weighted by atomic mass is 10.0. The Hall–Kier alpha value is -1.64. The van der Waals surface area contributed by atoms with Crippen LogP contribution in [0.3, 0.4) is 0 Å². The molecule has 0 aliphatic carbocycles. The van der Waals surface area contributed by atoms with Gasteiger partial charge in [-0.3, -0.25) is 9.67 Å². The summed E-state index contributed by atoms with van der Waals surface area (Å²) in [5.41, 5.74) is 5.06. The van der Waals surface area contributed by atoms with E-state index in [4.69, 9.17) is 0 Å². The second kappa shape index (κ2) is 4.47. The molecule has 0 radical (unpaired) electrons. The fourth-order valence-electron chi connectivity index (χ4n) is 1.99. The molecule has 0 aromatic carbocycles. The molecule has 3 nitrogen and oxygen atoms in total. The number of hydrogen-bond acceptors (Lipinski definition) is 2. The van der Waals surface area contributed by atoms with E-state index in [1.54, 1.807) is 0 Å². The molecule has 0 unspecified atom stereocenters. The molecule has 0 amide bonds. The van der Waals surface area contributed by atoms with Crippen LogP contribution >= 0.6 is 0 Å². The number of pyridine rings is 1. The van der Waals surface area contributed by atoms with Crippen LogP contribution in [-0.4, -0.2) is 14.8 Å². The third-order valence-corrected chi connectivity index (χ3v) is 3.05. The number of aromatic nitrogens is 3. The van der Waals surface area contributed by atoms with E-state index in [0.29, 0.717) is 0 Å². The number of nitrogens with zero attached hydrogens (tertiary/aromatic N) is 3. The molecule has 0 saturated heterocycles. The van der Waals surface area contributed by atoms with E-state index >= 15 is 0 Å². The summed E-state index contributed by atoms with van der Waals surface area (Å²) in [5, 5.41) is 4.42. The predicted octanol–water partition coefficient (Wildman–Crippen LogP) is 2.22. The Morgan fingerprint density at radius 3 is 2.62 bits per heavy atom. The second-order valence-electron chi connectivity index (χ2n) is 4.13. The lowest BCUT2D eigenvalue weighted by molar-refractivity contribution is 0.729. The van der Waals surface area contributed by atoms with Gasteiger partial charge >= 0.3 is 0 Å². The van der Waals surface area contributed by atoms with Crippen molar-refractivity contribution >= 4 is 0 Å². The van der Waals surface area contributed by atoms with Crippen molar-refractivity contribution in [2.24, 2.45) is 7.05 Å². The van der Waals surface area contributed by atoms with Gasteiger partial charge in [0.05, 0.1) is 5.69 Å². The van der Waals surface area contributed by atoms with Gasteiger partial charge in [0, 0.05) is 25.1 Å². The van der Waals surface area contributed by atoms with Gasteiger partial charge in [-0.2, -0.15) is 5.10 Å². The average molecular weight is 215 g/mol. The molecule has 0 fully saturated rings. The fourth-order valence-corrected chi connectivity index (χ4v) is 1.99. The van der Waals surface area contributed by atoms with E-state index in [0.717, 1.165) is 18.5 Å². The Labute approximate surface area is 96.1 Å². The van der Waals surface area contributed by atoms with E-state index in [-0.39, 0.29) is 0 Å². The quantitative estimate of drug-likeness (QED) is 0.786. The first-order chi connectivity index (χ1) is 7.68. The molecule has 0 aliphatic rings. The Balaban J connectivity index is 2.11. The first-order valence-electron chi connectivity index (χ1n) is 5.56. The molecule has 0 atom stereocenters. The molecular formula is C13H17N3. The summed E-state index contributed by atoms with van der Waals surface area (Å²) >= 11 is 0. The van der Waals surface area contributed by atoms with Crippen LogP contribution in [0.2, 0.25) is 0 Å². The van der Waals surface area contributed by atoms with Crippen LogP contribution in [0.4, 0.5) is 0 Å². The number of hydrogen-bond donors (Lipinski definition) is 0. The molecule has 0 bridgehead atoms. The Morgan fingerprint density at radius 1 is 1.25 bits per heavy atom. The molecule has 0 saturated carbocycles. The van der Waals surface area contributed by atoms with Crippen LogP contribution in [-0.2, 0) is 19.9 Å². The molecule has 84 valence electrons. The minimum Gasteiger partial charge on any atom is -0.272 e. The molecule has 2 heterocycles. The Kier molecular flexibility index (Phi) is 3.04. The smallest absolute Gasteiger partial charge is 0.0628 e. The maximum atomic E-state index is 4.42. The molecule has 0 aliphatic heterocycles. The molecule has 0 spiro atoms. The van der Waals surface area contributed by atoms with Crippen molar-refractivity contribution in [1.29, 1.82) is 0 Å². The number of aryl methyl sites for hydroxylation is 3. The Morgan fingerprint density at radius 2 is 2.06 bits per heavy atom. The average Bonchev–Trinajstić information content (AvgIpc) is 2.53. The molecule has 2 aromatic heterocycles. The van der Waals surface area contributed by atoms with Gasteiger partial charge in [0.15, 0.2) is 0 Å². The monoisotopic (exact) mass is 215 g/mol. The topological polar surface area (TPSA) is 30.7 Å². The SMILES string of the molecule is Cc1nn(C)c(C)c1CCc1cccnc1. The van der Waals surface area contributed by atoms with Gasteiger partial charge in [-0.05, 0) is 43.9 Å². The van der Waals surface area contributed by atoms with Crippen LogP contribution in [0.1, 0.15) is 22.5 Å². The van der Waals surface area contributed by atoms with E-state index in [2.05, 4.69) is 30.0 Å². The fraction of sp³-hybridized carbons (Fsp3) is 0.385. The third-order valence-electron chi connectivity index (χ3n) is 3.05. The van der Waals surface area contributed by atoms with E-state index in [1.807, 2.05) is 30.2 Å². The van der Waals surface area contributed by atoms with Gasteiger partial charge in [-0.1, -0.05) is 6.07 Å². The van der Waals surface area contributed by atoms with Crippen molar-refractivity contribution in [3.8, 4) is 0 Å². The van der Waals surface area contributed by atoms with Crippen molar-refractivity contribution in [3.63, 3.8) is 0 Å². The molecule has 16 heavy (non-hydrogen) atoms. The standard InChI is InChI=1S/C13H17N3/c1-10-13(11(2)16(3)15-10)7-6-12-5-4-8-14-9-12/h4-5,8-9H,6-7H2,1-3H3. The van der Waals surface area contributed by atoms with E-state index in [1.165, 1.54) is 16.8 Å². The summed E-state index contributed by atoms with van der Waals surface area (Å²) in [4.78, 5) is 4.13. The Bertz CT molecular complexity index is 471. The molecule has 2 rings (SSSR count). The highest BCUT2D eigenvalue weighted by Gasteiger charge is 2.08. The highest BCUT2D eigenvalue weighted by Crippen LogP contribution is 2.14. The first-order valence-corrected chi connectivity index (χ1v) is 5.56. The van der Waals surface area contributed by atoms with Gasteiger partial charge in [-0.25, -0.2) is 0 Å². The lowest BCUT2D eigenvalue weighted by Crippen LogP contribution is -1.96. The van der Waals surface area contributed by atoms with Gasteiger partial charge in [-0.15, -0.1) is 0 Å². The van der Waals surface area contributed by atoms with Crippen molar-refractivity contribution in [2.75, 3.05) is 0 Å². The van der Waals surface area contributed by atoms with Crippen molar-refractivity contribution in [2.45, 2.75) is 26.7 Å². The molecule has 0 N–H and O–H groups in total. The molecular weight excluding hydrogens is 198 g/mol. The molecule has 2 aromatic rings. The van der Waals surface area contributed by atoms with Crippen LogP contribution < -0.4 is 0 Å². The van der Waals surface area contributed by atoms with Gasteiger partial charge in [0.2, 0.25) is 0 Å². The van der Waals surface area contributed by atoms with Crippen molar-refractivity contribution in [3.05, 3.63) is 47.0 Å². The van der Waals surface area contributed by atoms with Gasteiger partial charge in [0.1, 0.15) is 0 Å². The minimum atomic E-state index is 1.03. The summed E-state index contributed by atoms with van der Waals surface area (Å²) in [7, 11) is 2.00. The second-order valence-corrected chi connectivity index (χ2v) is 4.13. The summed E-state index contributed by atoms with van der Waals surface area (Å²) in [6, 6.07) is 4.10. The van der Waals surface area contributed by atoms with Crippen LogP contribution in [0, 0.1) is 13.8 Å². The summed E-state index contributed by atoms with van der Waals surface area (Å²) in [6.45, 7) is 4.20. The van der Waals surface area contributed by atoms with Crippen molar-refractivity contribution in [1.82, 2.24) is 14.8 Å². The van der Waals surface area contributed by atoms with Crippen molar-refractivity contribution < 1.29 is 0 Å². The zero-order valence-corrected chi connectivity index (χ0v) is 10.1. The summed E-state index contributed by atoms with van der Waals surface area (Å²) < 4.78 is 1.95. The van der Waals surface area contributed by atoms with E-state index in [9.17, 15) is 0 Å². The maximum Gasteiger partial charge on any atom is 0.0628 e. The maximum absolute atomic E-state index is 4.42. The van der Waals surface area contributed by atoms with Gasteiger partial charge in [0.25, 0.3) is 0 Å². The largest absolute Gasteiger partial charge is 0.272 e. The van der Waals surface area contributed by atoms with Gasteiger partial charge < -0.3 is 0 Å². The third kappa shape index (κ3) is 2.13. The predicted molar refractivity (Wildman–Crippen MR) is 64.3 cm³/mol. The summed E-state index contributed by atoms with van der Waals surface area (Å²) in [6.07, 6.45) is 5.81. The van der Waals surface area contributed by atoms with Crippen LogP contribution in [0.25, 0.3) is 0 Å².